The van der Waals surface area contributed by atoms with E-state index in [1.807, 2.05) is 25.1 Å². The van der Waals surface area contributed by atoms with Gasteiger partial charge in [-0.3, -0.25) is 9.59 Å². The highest BCUT2D eigenvalue weighted by atomic mass is 16.5. The lowest BCUT2D eigenvalue weighted by molar-refractivity contribution is -0.878. The van der Waals surface area contributed by atoms with Gasteiger partial charge in [-0.15, -0.1) is 0 Å². The van der Waals surface area contributed by atoms with E-state index in [0.29, 0.717) is 30.1 Å². The Morgan fingerprint density at radius 2 is 1.70 bits per heavy atom. The molecule has 0 unspecified atom stereocenters. The number of nitrogens with one attached hydrogen (secondary N) is 3. The molecule has 0 spiro atoms. The number of ether oxygens (including phenoxy) is 1. The minimum absolute atomic E-state index is 0.0618. The molecule has 0 radical (unpaired) electrons. The van der Waals surface area contributed by atoms with Crippen LogP contribution in [0.4, 0.5) is 11.4 Å². The number of hydrogen-bond acceptors (Lipinski definition) is 3. The Hall–Kier alpha value is -2.86. The number of benzene rings is 2. The Balaban J connectivity index is 1.65. The van der Waals surface area contributed by atoms with Gasteiger partial charge in [-0.2, -0.15) is 0 Å². The second-order valence-corrected chi connectivity index (χ2v) is 6.64. The van der Waals surface area contributed by atoms with Crippen molar-refractivity contribution in [3.63, 3.8) is 0 Å². The largest absolute Gasteiger partial charge is 0.494 e. The maximum atomic E-state index is 12.7. The number of carbonyl (C=O) groups is 2. The summed E-state index contributed by atoms with van der Waals surface area (Å²) < 4.78 is 5.41. The number of quaternary nitrogens is 1. The fourth-order valence-corrected chi connectivity index (χ4v) is 3.26. The lowest BCUT2D eigenvalue weighted by Crippen LogP contribution is -3.11. The first-order valence-corrected chi connectivity index (χ1v) is 9.42. The maximum Gasteiger partial charge on any atom is 0.279 e. The maximum absolute atomic E-state index is 12.7. The molecular formula is C21H26N3O3+. The van der Waals surface area contributed by atoms with Gasteiger partial charge in [0.15, 0.2) is 6.54 Å². The van der Waals surface area contributed by atoms with Gasteiger partial charge in [0.25, 0.3) is 11.8 Å². The molecule has 0 aliphatic carbocycles. The molecule has 2 amide bonds. The summed E-state index contributed by atoms with van der Waals surface area (Å²) in [7, 11) is 0. The van der Waals surface area contributed by atoms with Crippen molar-refractivity contribution in [2.45, 2.75) is 19.8 Å². The predicted molar refractivity (Wildman–Crippen MR) is 105 cm³/mol. The van der Waals surface area contributed by atoms with E-state index in [4.69, 9.17) is 4.74 Å². The molecule has 1 aliphatic rings. The summed E-state index contributed by atoms with van der Waals surface area (Å²) in [4.78, 5) is 26.3. The predicted octanol–water partition coefficient (Wildman–Crippen LogP) is 1.95. The smallest absolute Gasteiger partial charge is 0.279 e. The quantitative estimate of drug-likeness (QED) is 0.700. The summed E-state index contributed by atoms with van der Waals surface area (Å²) in [5.74, 6) is 0.435. The number of rotatable bonds is 7. The average molecular weight is 368 g/mol. The van der Waals surface area contributed by atoms with Gasteiger partial charge < -0.3 is 20.3 Å². The number of anilines is 2. The standard InChI is InChI=1S/C21H25N3O3/c1-2-27-17-11-9-16(10-12-17)22-21(26)18-7-3-4-8-19(18)23-20(25)15-24-13-5-6-14-24/h3-4,7-12H,2,5-6,13-15H2,1H3,(H,22,26)(H,23,25)/p+1. The zero-order valence-electron chi connectivity index (χ0n) is 15.6. The van der Waals surface area contributed by atoms with E-state index in [-0.39, 0.29) is 11.8 Å². The topological polar surface area (TPSA) is 71.9 Å². The molecule has 6 heteroatoms. The van der Waals surface area contributed by atoms with Crippen molar-refractivity contribution in [2.24, 2.45) is 0 Å². The van der Waals surface area contributed by atoms with Crippen LogP contribution in [0, 0.1) is 0 Å². The Bertz CT molecular complexity index is 784. The lowest BCUT2D eigenvalue weighted by Gasteiger charge is -2.14. The molecule has 0 bridgehead atoms. The second-order valence-electron chi connectivity index (χ2n) is 6.64. The molecule has 6 nitrogen and oxygen atoms in total. The Morgan fingerprint density at radius 3 is 2.41 bits per heavy atom. The van der Waals surface area contributed by atoms with Crippen molar-refractivity contribution in [3.05, 3.63) is 54.1 Å². The summed E-state index contributed by atoms with van der Waals surface area (Å²) in [6, 6.07) is 14.3. The van der Waals surface area contributed by atoms with Crippen LogP contribution in [0.2, 0.25) is 0 Å². The molecule has 2 aromatic rings. The van der Waals surface area contributed by atoms with E-state index in [2.05, 4.69) is 10.6 Å². The monoisotopic (exact) mass is 368 g/mol. The molecule has 3 N–H and O–H groups in total. The minimum atomic E-state index is -0.261. The van der Waals surface area contributed by atoms with Crippen LogP contribution in [0.1, 0.15) is 30.1 Å². The number of carbonyl (C=O) groups excluding carboxylic acids is 2. The highest BCUT2D eigenvalue weighted by Gasteiger charge is 2.20. The zero-order chi connectivity index (χ0) is 19.1. The fraction of sp³-hybridized carbons (Fsp3) is 0.333. The molecule has 1 heterocycles. The molecule has 1 fully saturated rings. The van der Waals surface area contributed by atoms with E-state index in [9.17, 15) is 9.59 Å². The summed E-state index contributed by atoms with van der Waals surface area (Å²) >= 11 is 0. The number of para-hydroxylation sites is 1. The molecular weight excluding hydrogens is 342 g/mol. The summed E-state index contributed by atoms with van der Waals surface area (Å²) in [5, 5.41) is 5.75. The average Bonchev–Trinajstić information content (AvgIpc) is 3.17. The van der Waals surface area contributed by atoms with Gasteiger partial charge in [0.1, 0.15) is 5.75 Å². The van der Waals surface area contributed by atoms with Gasteiger partial charge >= 0.3 is 0 Å². The molecule has 3 rings (SSSR count). The molecule has 0 atom stereocenters. The summed E-state index contributed by atoms with van der Waals surface area (Å²) in [6.45, 7) is 5.03. The van der Waals surface area contributed by atoms with E-state index in [0.717, 1.165) is 18.8 Å². The van der Waals surface area contributed by atoms with Gasteiger partial charge in [0.05, 0.1) is 30.9 Å². The first-order valence-electron chi connectivity index (χ1n) is 9.42. The molecule has 2 aromatic carbocycles. The lowest BCUT2D eigenvalue weighted by atomic mass is 10.1. The Kier molecular flexibility index (Phi) is 6.44. The molecule has 142 valence electrons. The first kappa shape index (κ1) is 18.9. The van der Waals surface area contributed by atoms with Crippen molar-refractivity contribution >= 4 is 23.2 Å². The number of likely N-dealkylation sites (tertiary alicyclic amines) is 1. The Morgan fingerprint density at radius 1 is 1.00 bits per heavy atom. The van der Waals surface area contributed by atoms with Crippen LogP contribution in [-0.4, -0.2) is 38.1 Å². The van der Waals surface area contributed by atoms with E-state index >= 15 is 0 Å². The van der Waals surface area contributed by atoms with Crippen LogP contribution < -0.4 is 20.3 Å². The van der Waals surface area contributed by atoms with Crippen molar-refractivity contribution in [1.82, 2.24) is 0 Å². The summed E-state index contributed by atoms with van der Waals surface area (Å²) in [5.41, 5.74) is 1.65. The van der Waals surface area contributed by atoms with Gasteiger partial charge in [-0.25, -0.2) is 0 Å². The third-order valence-electron chi connectivity index (χ3n) is 4.59. The van der Waals surface area contributed by atoms with Crippen molar-refractivity contribution < 1.29 is 19.2 Å². The van der Waals surface area contributed by atoms with E-state index in [1.165, 1.54) is 17.7 Å². The van der Waals surface area contributed by atoms with Gasteiger partial charge in [-0.05, 0) is 43.3 Å². The van der Waals surface area contributed by atoms with Crippen molar-refractivity contribution in [3.8, 4) is 5.75 Å². The third-order valence-corrected chi connectivity index (χ3v) is 4.59. The Labute approximate surface area is 159 Å². The summed E-state index contributed by atoms with van der Waals surface area (Å²) in [6.07, 6.45) is 2.34. The molecule has 0 aromatic heterocycles. The van der Waals surface area contributed by atoms with E-state index < -0.39 is 0 Å². The molecule has 27 heavy (non-hydrogen) atoms. The molecule has 1 saturated heterocycles. The zero-order valence-corrected chi connectivity index (χ0v) is 15.6. The number of amides is 2. The van der Waals surface area contributed by atoms with Crippen molar-refractivity contribution in [1.29, 1.82) is 0 Å². The van der Waals surface area contributed by atoms with Crippen LogP contribution in [0.15, 0.2) is 48.5 Å². The minimum Gasteiger partial charge on any atom is -0.494 e. The highest BCUT2D eigenvalue weighted by molar-refractivity contribution is 6.10. The van der Waals surface area contributed by atoms with Crippen molar-refractivity contribution in [2.75, 3.05) is 36.9 Å². The fourth-order valence-electron chi connectivity index (χ4n) is 3.26. The SMILES string of the molecule is CCOc1ccc(NC(=O)c2ccccc2NC(=O)C[NH+]2CCCC2)cc1. The van der Waals surface area contributed by atoms with Crippen LogP contribution in [0.5, 0.6) is 5.75 Å². The third kappa shape index (κ3) is 5.31. The van der Waals surface area contributed by atoms with Crippen LogP contribution in [0.3, 0.4) is 0 Å². The van der Waals surface area contributed by atoms with E-state index in [1.54, 1.807) is 30.3 Å². The van der Waals surface area contributed by atoms with Crippen LogP contribution >= 0.6 is 0 Å². The molecule has 0 saturated carbocycles. The van der Waals surface area contributed by atoms with Crippen LogP contribution in [0.25, 0.3) is 0 Å². The van der Waals surface area contributed by atoms with Gasteiger partial charge in [0.2, 0.25) is 0 Å². The van der Waals surface area contributed by atoms with Gasteiger partial charge in [0, 0.05) is 18.5 Å². The molecule has 1 aliphatic heterocycles. The second kappa shape index (κ2) is 9.19. The van der Waals surface area contributed by atoms with Gasteiger partial charge in [-0.1, -0.05) is 12.1 Å². The van der Waals surface area contributed by atoms with Crippen LogP contribution in [-0.2, 0) is 4.79 Å². The first-order chi connectivity index (χ1) is 13.2. The normalized spacial score (nSPS) is 14.0. The number of hydrogen-bond donors (Lipinski definition) is 3. The highest BCUT2D eigenvalue weighted by Crippen LogP contribution is 2.19.